The van der Waals surface area contributed by atoms with Gasteiger partial charge in [0, 0.05) is 17.2 Å². The van der Waals surface area contributed by atoms with Crippen LogP contribution in [0.25, 0.3) is 22.3 Å². The number of rotatable bonds is 3. The average molecular weight is 339 g/mol. The number of halogens is 2. The number of hydrogen-bond acceptors (Lipinski definition) is 3. The lowest BCUT2D eigenvalue weighted by Gasteiger charge is -2.08. The van der Waals surface area contributed by atoms with E-state index in [2.05, 4.69) is 22.4 Å². The summed E-state index contributed by atoms with van der Waals surface area (Å²) in [5.74, 6) is -1.25. The first-order chi connectivity index (χ1) is 11.6. The summed E-state index contributed by atoms with van der Waals surface area (Å²) in [5.41, 5.74) is 2.33. The zero-order valence-corrected chi connectivity index (χ0v) is 13.1. The van der Waals surface area contributed by atoms with E-state index in [1.807, 2.05) is 0 Å². The fourth-order valence-corrected chi connectivity index (χ4v) is 2.53. The van der Waals surface area contributed by atoms with E-state index in [0.29, 0.717) is 22.4 Å². The van der Waals surface area contributed by atoms with E-state index < -0.39 is 11.6 Å². The molecule has 3 aromatic carbocycles. The Kier molecular flexibility index (Phi) is 4.47. The van der Waals surface area contributed by atoms with Gasteiger partial charge in [-0.25, -0.2) is 8.78 Å². The fourth-order valence-electron chi connectivity index (χ4n) is 2.42. The van der Waals surface area contributed by atoms with E-state index in [-0.39, 0.29) is 11.3 Å². The summed E-state index contributed by atoms with van der Waals surface area (Å²) in [4.78, 5) is 3.84. The van der Waals surface area contributed by atoms with Crippen LogP contribution in [0.5, 0.6) is 5.75 Å². The molecule has 0 amide bonds. The lowest BCUT2D eigenvalue weighted by Crippen LogP contribution is -1.89. The second-order valence-corrected chi connectivity index (χ2v) is 5.29. The van der Waals surface area contributed by atoms with Gasteiger partial charge < -0.3 is 5.11 Å². The quantitative estimate of drug-likeness (QED) is 0.487. The molecule has 0 radical (unpaired) electrons. The molecule has 0 aromatic heterocycles. The third kappa shape index (κ3) is 3.23. The van der Waals surface area contributed by atoms with E-state index in [1.165, 1.54) is 18.2 Å². The fraction of sp³-hybridized carbons (Fsp3) is 0. The van der Waals surface area contributed by atoms with Crippen LogP contribution in [0.2, 0.25) is 0 Å². The Balaban J connectivity index is 1.99. The molecular formula is C19H11F2NOS. The molecule has 0 unspecified atom stereocenters. The Labute approximate surface area is 142 Å². The number of benzene rings is 3. The molecule has 3 aromatic rings. The van der Waals surface area contributed by atoms with Crippen LogP contribution in [0.4, 0.5) is 14.5 Å². The van der Waals surface area contributed by atoms with Crippen molar-refractivity contribution in [3.05, 3.63) is 72.3 Å². The minimum Gasteiger partial charge on any atom is -0.508 e. The van der Waals surface area contributed by atoms with Crippen molar-refractivity contribution in [1.29, 1.82) is 0 Å². The third-order valence-corrected chi connectivity index (χ3v) is 3.68. The lowest BCUT2D eigenvalue weighted by molar-refractivity contribution is 0.469. The van der Waals surface area contributed by atoms with Gasteiger partial charge in [-0.1, -0.05) is 24.3 Å². The maximum atomic E-state index is 14.5. The number of hydrogen-bond donors (Lipinski definition) is 1. The second kappa shape index (κ2) is 6.71. The van der Waals surface area contributed by atoms with Crippen molar-refractivity contribution in [3.63, 3.8) is 0 Å². The van der Waals surface area contributed by atoms with Crippen molar-refractivity contribution in [2.24, 2.45) is 4.99 Å². The topological polar surface area (TPSA) is 32.6 Å². The highest BCUT2D eigenvalue weighted by Gasteiger charge is 2.11. The Morgan fingerprint density at radius 2 is 1.38 bits per heavy atom. The summed E-state index contributed by atoms with van der Waals surface area (Å²) in [6.45, 7) is 0. The van der Waals surface area contributed by atoms with Crippen LogP contribution in [-0.2, 0) is 0 Å². The van der Waals surface area contributed by atoms with Crippen LogP contribution < -0.4 is 0 Å². The van der Waals surface area contributed by atoms with Gasteiger partial charge in [0.2, 0.25) is 0 Å². The van der Waals surface area contributed by atoms with E-state index in [1.54, 1.807) is 36.4 Å². The molecule has 0 fully saturated rings. The SMILES string of the molecule is Oc1ccc(-c2ccc(-c3ccc(N=C=S)cc3)c(F)c2)c(F)c1. The largest absolute Gasteiger partial charge is 0.508 e. The zero-order chi connectivity index (χ0) is 17.1. The van der Waals surface area contributed by atoms with Crippen LogP contribution in [0.1, 0.15) is 0 Å². The van der Waals surface area contributed by atoms with Crippen LogP contribution in [0, 0.1) is 11.6 Å². The Bertz CT molecular complexity index is 948. The van der Waals surface area contributed by atoms with E-state index in [9.17, 15) is 13.9 Å². The molecule has 0 saturated heterocycles. The highest BCUT2D eigenvalue weighted by Crippen LogP contribution is 2.31. The second-order valence-electron chi connectivity index (χ2n) is 5.11. The first kappa shape index (κ1) is 16.0. The highest BCUT2D eigenvalue weighted by molar-refractivity contribution is 7.78. The van der Waals surface area contributed by atoms with E-state index in [0.717, 1.165) is 6.07 Å². The molecule has 2 nitrogen and oxygen atoms in total. The number of nitrogens with zero attached hydrogens (tertiary/aromatic N) is 1. The number of aliphatic imine (C=N–C) groups is 1. The predicted octanol–water partition coefficient (Wildman–Crippen LogP) is 5.74. The van der Waals surface area contributed by atoms with Gasteiger partial charge in [0.1, 0.15) is 17.4 Å². The van der Waals surface area contributed by atoms with Crippen LogP contribution >= 0.6 is 12.2 Å². The molecule has 0 bridgehead atoms. The maximum Gasteiger partial charge on any atom is 0.134 e. The zero-order valence-electron chi connectivity index (χ0n) is 12.3. The Hall–Kier alpha value is -2.88. The van der Waals surface area contributed by atoms with Crippen molar-refractivity contribution >= 4 is 23.1 Å². The molecular weight excluding hydrogens is 328 g/mol. The van der Waals surface area contributed by atoms with E-state index in [4.69, 9.17) is 0 Å². The molecule has 0 heterocycles. The minimum atomic E-state index is -0.607. The predicted molar refractivity (Wildman–Crippen MR) is 93.6 cm³/mol. The summed E-state index contributed by atoms with van der Waals surface area (Å²) >= 11 is 4.54. The number of isothiocyanates is 1. The highest BCUT2D eigenvalue weighted by atomic mass is 32.1. The molecule has 0 aliphatic carbocycles. The average Bonchev–Trinajstić information content (AvgIpc) is 2.56. The molecule has 0 saturated carbocycles. The van der Waals surface area contributed by atoms with Crippen molar-refractivity contribution < 1.29 is 13.9 Å². The number of aromatic hydroxyl groups is 1. The van der Waals surface area contributed by atoms with Crippen molar-refractivity contribution in [2.75, 3.05) is 0 Å². The maximum absolute atomic E-state index is 14.5. The van der Waals surface area contributed by atoms with Gasteiger partial charge in [-0.2, -0.15) is 4.99 Å². The van der Waals surface area contributed by atoms with Gasteiger partial charge in [0.25, 0.3) is 0 Å². The molecule has 118 valence electrons. The Morgan fingerprint density at radius 1 is 0.792 bits per heavy atom. The third-order valence-electron chi connectivity index (χ3n) is 3.59. The van der Waals surface area contributed by atoms with Gasteiger partial charge in [-0.05, 0) is 53.7 Å². The molecule has 24 heavy (non-hydrogen) atoms. The summed E-state index contributed by atoms with van der Waals surface area (Å²) in [5, 5.41) is 11.5. The summed E-state index contributed by atoms with van der Waals surface area (Å²) in [6.07, 6.45) is 0. The van der Waals surface area contributed by atoms with Crippen molar-refractivity contribution in [3.8, 4) is 28.0 Å². The van der Waals surface area contributed by atoms with Gasteiger partial charge in [-0.3, -0.25) is 0 Å². The van der Waals surface area contributed by atoms with Gasteiger partial charge >= 0.3 is 0 Å². The normalized spacial score (nSPS) is 10.2. The monoisotopic (exact) mass is 339 g/mol. The van der Waals surface area contributed by atoms with Gasteiger partial charge in [0.15, 0.2) is 0 Å². The molecule has 0 aliphatic rings. The van der Waals surface area contributed by atoms with Crippen LogP contribution in [0.15, 0.2) is 65.7 Å². The van der Waals surface area contributed by atoms with Gasteiger partial charge in [0.05, 0.1) is 10.8 Å². The van der Waals surface area contributed by atoms with Crippen LogP contribution in [0.3, 0.4) is 0 Å². The van der Waals surface area contributed by atoms with Gasteiger partial charge in [-0.15, -0.1) is 0 Å². The number of phenolic OH excluding ortho intramolecular Hbond substituents is 1. The smallest absolute Gasteiger partial charge is 0.134 e. The van der Waals surface area contributed by atoms with Crippen LogP contribution in [-0.4, -0.2) is 10.3 Å². The summed E-state index contributed by atoms with van der Waals surface area (Å²) < 4.78 is 28.4. The molecule has 0 aliphatic heterocycles. The molecule has 0 spiro atoms. The first-order valence-electron chi connectivity index (χ1n) is 7.05. The molecule has 0 atom stereocenters. The summed E-state index contributed by atoms with van der Waals surface area (Å²) in [6, 6.07) is 15.1. The van der Waals surface area contributed by atoms with E-state index >= 15 is 0 Å². The Morgan fingerprint density at radius 3 is 2.00 bits per heavy atom. The number of thiocarbonyl (C=S) groups is 1. The first-order valence-corrected chi connectivity index (χ1v) is 7.46. The summed E-state index contributed by atoms with van der Waals surface area (Å²) in [7, 11) is 0. The van der Waals surface area contributed by atoms with Crippen molar-refractivity contribution in [1.82, 2.24) is 0 Å². The standard InChI is InChI=1S/C19H11F2NOS/c20-18-9-13(17-8-6-15(23)10-19(17)21)3-7-16(18)12-1-4-14(5-2-12)22-11-24/h1-10,23H. The molecule has 3 rings (SSSR count). The minimum absolute atomic E-state index is 0.174. The molecule has 1 N–H and O–H groups in total. The lowest BCUT2D eigenvalue weighted by atomic mass is 9.99. The number of phenols is 1. The molecule has 5 heteroatoms. The van der Waals surface area contributed by atoms with Crippen molar-refractivity contribution in [2.45, 2.75) is 0 Å².